The van der Waals surface area contributed by atoms with Gasteiger partial charge in [0.25, 0.3) is 0 Å². The highest BCUT2D eigenvalue weighted by molar-refractivity contribution is 7.47. The molecule has 0 fully saturated rings. The fourth-order valence-corrected chi connectivity index (χ4v) is 13.5. The maximum Gasteiger partial charge on any atom is 0.472 e. The minimum Gasteiger partial charge on any atom is -0.462 e. The summed E-state index contributed by atoms with van der Waals surface area (Å²) in [6.45, 7) is 4.90. The molecule has 0 radical (unpaired) electrons. The summed E-state index contributed by atoms with van der Waals surface area (Å²) in [5.74, 6) is -2.19. The molecule has 0 aliphatic rings. The molecule has 19 heteroatoms. The average Bonchev–Trinajstić information content (AvgIpc) is 0.908. The van der Waals surface area contributed by atoms with Gasteiger partial charge in [-0.05, 0) is 64.2 Å². The van der Waals surface area contributed by atoms with Crippen molar-refractivity contribution in [2.75, 3.05) is 39.6 Å². The van der Waals surface area contributed by atoms with Crippen LogP contribution in [0, 0.1) is 0 Å². The Kier molecular flexibility index (Phi) is 74.0. The highest BCUT2D eigenvalue weighted by Gasteiger charge is 2.30. The number of aliphatic hydroxyl groups is 1. The molecule has 17 nitrogen and oxygen atoms in total. The van der Waals surface area contributed by atoms with Crippen LogP contribution in [0.1, 0.15) is 400 Å². The third kappa shape index (κ3) is 75.3. The van der Waals surface area contributed by atoms with Crippen LogP contribution in [0.3, 0.4) is 0 Å². The van der Waals surface area contributed by atoms with E-state index in [1.807, 2.05) is 12.2 Å². The van der Waals surface area contributed by atoms with Crippen LogP contribution in [0.5, 0.6) is 0 Å². The number of rotatable bonds is 80. The predicted octanol–water partition coefficient (Wildman–Crippen LogP) is 24.5. The lowest BCUT2D eigenvalue weighted by Crippen LogP contribution is -2.30. The minimum absolute atomic E-state index is 0.0258. The Balaban J connectivity index is 5.34. The van der Waals surface area contributed by atoms with Crippen LogP contribution >= 0.6 is 15.6 Å². The molecule has 0 aliphatic heterocycles. The summed E-state index contributed by atoms with van der Waals surface area (Å²) in [5, 5.41) is 10.6. The van der Waals surface area contributed by atoms with Crippen molar-refractivity contribution in [3.63, 3.8) is 0 Å². The van der Waals surface area contributed by atoms with Gasteiger partial charge in [-0.25, -0.2) is 9.13 Å². The third-order valence-corrected chi connectivity index (χ3v) is 20.2. The first-order valence-corrected chi connectivity index (χ1v) is 44.9. The Morgan fingerprint density at radius 1 is 0.275 bits per heavy atom. The van der Waals surface area contributed by atoms with E-state index in [1.165, 1.54) is 225 Å². The second-order valence-corrected chi connectivity index (χ2v) is 31.4. The van der Waals surface area contributed by atoms with Gasteiger partial charge >= 0.3 is 39.5 Å². The number of phosphoric ester groups is 2. The van der Waals surface area contributed by atoms with Crippen molar-refractivity contribution < 1.29 is 80.2 Å². The Bertz CT molecular complexity index is 2120. The molecule has 5 atom stereocenters. The maximum absolute atomic E-state index is 13.1. The van der Waals surface area contributed by atoms with E-state index in [4.69, 9.17) is 37.0 Å². The van der Waals surface area contributed by atoms with Crippen LogP contribution in [-0.2, 0) is 65.4 Å². The van der Waals surface area contributed by atoms with Crippen molar-refractivity contribution in [1.29, 1.82) is 0 Å². The number of hydrogen-bond acceptors (Lipinski definition) is 15. The van der Waals surface area contributed by atoms with Crippen LogP contribution in [0.15, 0.2) is 48.6 Å². The first-order valence-electron chi connectivity index (χ1n) is 41.9. The van der Waals surface area contributed by atoms with E-state index in [0.717, 1.165) is 89.9 Å². The topological polar surface area (TPSA) is 237 Å². The molecule has 0 rings (SSSR count). The molecule has 0 heterocycles. The van der Waals surface area contributed by atoms with Crippen LogP contribution in [0.25, 0.3) is 0 Å². The second kappa shape index (κ2) is 76.2. The zero-order valence-electron chi connectivity index (χ0n) is 65.6. The molecule has 0 saturated carbocycles. The average molecular weight is 1490 g/mol. The minimum atomic E-state index is -4.98. The molecule has 0 aromatic rings. The highest BCUT2D eigenvalue weighted by atomic mass is 31.2. The SMILES string of the molecule is CCCCC/C=C\C/C=C\C/C=C\C/C=C\CCCC(=O)O[C@H](COC(=O)CCCCCCCCCCCCCCCCCCC)COP(=O)(O)OC[C@@H](O)COP(=O)(O)OC[C@@H](COC(=O)CCCCCCCCCCCCCCCCC)OC(=O)CCCCCCCCCCCCCCC. The number of carbonyl (C=O) groups is 4. The lowest BCUT2D eigenvalue weighted by atomic mass is 10.0. The standard InChI is InChI=1S/C83H154O17P2/c1-5-9-13-17-21-25-29-33-36-38-41-45-48-52-56-60-64-68-81(86)94-74-79(100-83(88)70-66-62-58-54-50-46-42-39-37-34-30-26-22-18-14-10-6-2)76-98-102(91,92)96-72-77(84)71-95-101(89,90)97-75-78(99-82(87)69-65-61-57-53-49-43-32-28-24-20-16-12-8-4)73-93-80(85)67-63-59-55-51-47-44-40-35-31-27-23-19-15-11-7-3/h22,26,34,37,42,46,54,58,77-79,84H,5-21,23-25,27-33,35-36,38-41,43-45,47-53,55-57,59-76H2,1-4H3,(H,89,90)(H,91,92)/b26-22-,37-34-,46-42-,58-54-/t77-,78+,79+/m0/s1. The van der Waals surface area contributed by atoms with Gasteiger partial charge in [0, 0.05) is 25.7 Å². The molecule has 2 unspecified atom stereocenters. The van der Waals surface area contributed by atoms with Crippen molar-refractivity contribution in [3.05, 3.63) is 48.6 Å². The number of ether oxygens (including phenoxy) is 4. The second-order valence-electron chi connectivity index (χ2n) is 28.4. The van der Waals surface area contributed by atoms with Gasteiger partial charge in [0.1, 0.15) is 19.3 Å². The van der Waals surface area contributed by atoms with Crippen molar-refractivity contribution in [2.45, 2.75) is 418 Å². The summed E-state index contributed by atoms with van der Waals surface area (Å²) in [7, 11) is -9.95. The molecular weight excluding hydrogens is 1330 g/mol. The van der Waals surface area contributed by atoms with Gasteiger partial charge in [-0.15, -0.1) is 0 Å². The monoisotopic (exact) mass is 1490 g/mol. The lowest BCUT2D eigenvalue weighted by molar-refractivity contribution is -0.161. The molecule has 0 aliphatic carbocycles. The molecule has 598 valence electrons. The van der Waals surface area contributed by atoms with Gasteiger partial charge in [0.2, 0.25) is 0 Å². The van der Waals surface area contributed by atoms with Crippen LogP contribution < -0.4 is 0 Å². The van der Waals surface area contributed by atoms with Crippen LogP contribution in [0.2, 0.25) is 0 Å². The molecule has 3 N–H and O–H groups in total. The molecule has 0 bridgehead atoms. The van der Waals surface area contributed by atoms with E-state index in [0.29, 0.717) is 32.1 Å². The van der Waals surface area contributed by atoms with Crippen molar-refractivity contribution >= 4 is 39.5 Å². The zero-order chi connectivity index (χ0) is 74.6. The fraction of sp³-hybridized carbons (Fsp3) is 0.855. The van der Waals surface area contributed by atoms with Crippen LogP contribution in [-0.4, -0.2) is 96.7 Å². The molecule has 0 amide bonds. The quantitative estimate of drug-likeness (QED) is 0.0169. The summed E-state index contributed by atoms with van der Waals surface area (Å²) in [4.78, 5) is 73.1. The predicted molar refractivity (Wildman–Crippen MR) is 418 cm³/mol. The van der Waals surface area contributed by atoms with Gasteiger partial charge in [-0.3, -0.25) is 37.3 Å². The van der Waals surface area contributed by atoms with Crippen molar-refractivity contribution in [3.8, 4) is 0 Å². The van der Waals surface area contributed by atoms with Crippen molar-refractivity contribution in [1.82, 2.24) is 0 Å². The molecule has 0 spiro atoms. The number of hydrogen-bond donors (Lipinski definition) is 3. The normalized spacial score (nSPS) is 14.1. The van der Waals surface area contributed by atoms with Gasteiger partial charge in [0.05, 0.1) is 26.4 Å². The van der Waals surface area contributed by atoms with E-state index >= 15 is 0 Å². The van der Waals surface area contributed by atoms with Crippen molar-refractivity contribution in [2.24, 2.45) is 0 Å². The number of carbonyl (C=O) groups excluding carboxylic acids is 4. The first-order chi connectivity index (χ1) is 49.7. The number of aliphatic hydroxyl groups excluding tert-OH is 1. The van der Waals surface area contributed by atoms with E-state index in [-0.39, 0.29) is 25.7 Å². The molecule has 0 aromatic heterocycles. The summed E-state index contributed by atoms with van der Waals surface area (Å²) in [5.41, 5.74) is 0. The van der Waals surface area contributed by atoms with E-state index < -0.39 is 97.5 Å². The van der Waals surface area contributed by atoms with E-state index in [9.17, 15) is 43.2 Å². The van der Waals surface area contributed by atoms with Gasteiger partial charge in [0.15, 0.2) is 12.2 Å². The highest BCUT2D eigenvalue weighted by Crippen LogP contribution is 2.45. The Labute approximate surface area is 623 Å². The lowest BCUT2D eigenvalue weighted by Gasteiger charge is -2.21. The Hall–Kier alpha value is -2.98. The van der Waals surface area contributed by atoms with E-state index in [1.54, 1.807) is 0 Å². The summed E-state index contributed by atoms with van der Waals surface area (Å²) < 4.78 is 68.7. The molecule has 0 aromatic carbocycles. The van der Waals surface area contributed by atoms with Gasteiger partial charge in [-0.2, -0.15) is 0 Å². The summed E-state index contributed by atoms with van der Waals surface area (Å²) in [6.07, 6.45) is 75.1. The van der Waals surface area contributed by atoms with Crippen LogP contribution in [0.4, 0.5) is 0 Å². The maximum atomic E-state index is 13.1. The number of phosphoric acid groups is 2. The molecule has 0 saturated heterocycles. The third-order valence-electron chi connectivity index (χ3n) is 18.3. The van der Waals surface area contributed by atoms with Gasteiger partial charge < -0.3 is 33.8 Å². The first kappa shape index (κ1) is 99.0. The Morgan fingerprint density at radius 2 is 0.490 bits per heavy atom. The largest absolute Gasteiger partial charge is 0.472 e. The molecule has 102 heavy (non-hydrogen) atoms. The zero-order valence-corrected chi connectivity index (χ0v) is 67.3. The smallest absolute Gasteiger partial charge is 0.462 e. The fourth-order valence-electron chi connectivity index (χ4n) is 11.9. The number of unbranched alkanes of at least 4 members (excludes halogenated alkanes) is 46. The van der Waals surface area contributed by atoms with E-state index in [2.05, 4.69) is 64.2 Å². The molecular formula is C83H154O17P2. The number of allylic oxidation sites excluding steroid dienone is 8. The summed E-state index contributed by atoms with van der Waals surface area (Å²) >= 11 is 0. The van der Waals surface area contributed by atoms with Gasteiger partial charge in [-0.1, -0.05) is 359 Å². The Morgan fingerprint density at radius 3 is 0.775 bits per heavy atom. The number of esters is 4. The summed E-state index contributed by atoms with van der Waals surface area (Å²) in [6, 6.07) is 0.